The summed E-state index contributed by atoms with van der Waals surface area (Å²) in [5.41, 5.74) is 1.14. The molecular formula is C15H16FNO3. The molecule has 0 fully saturated rings. The number of halogens is 1. The molecule has 0 aliphatic rings. The molecule has 0 saturated heterocycles. The lowest BCUT2D eigenvalue weighted by molar-refractivity contribution is 0.0938. The monoisotopic (exact) mass is 277 g/mol. The molecule has 1 atom stereocenters. The van der Waals surface area contributed by atoms with Crippen LogP contribution in [0.3, 0.4) is 0 Å². The van der Waals surface area contributed by atoms with E-state index in [2.05, 4.69) is 5.32 Å². The van der Waals surface area contributed by atoms with Gasteiger partial charge >= 0.3 is 0 Å². The van der Waals surface area contributed by atoms with Gasteiger partial charge in [0.1, 0.15) is 5.76 Å². The number of hydrogen-bond donors (Lipinski definition) is 1. The van der Waals surface area contributed by atoms with E-state index in [9.17, 15) is 9.18 Å². The fraction of sp³-hybridized carbons (Fsp3) is 0.267. The Bertz CT molecular complexity index is 621. The number of rotatable bonds is 4. The molecule has 0 bridgehead atoms. The maximum Gasteiger partial charge on any atom is 0.255 e. The normalized spacial score (nSPS) is 12.0. The SMILES string of the molecule is COc1ccc([C@@H](C)NC(=O)c2ccoc2C)cc1F. The van der Waals surface area contributed by atoms with Crippen LogP contribution < -0.4 is 10.1 Å². The first-order valence-electron chi connectivity index (χ1n) is 6.21. The van der Waals surface area contributed by atoms with Gasteiger partial charge in [-0.25, -0.2) is 4.39 Å². The second-order valence-corrected chi connectivity index (χ2v) is 4.48. The molecule has 0 radical (unpaired) electrons. The number of carbonyl (C=O) groups is 1. The van der Waals surface area contributed by atoms with Crippen LogP contribution in [0.15, 0.2) is 34.9 Å². The summed E-state index contributed by atoms with van der Waals surface area (Å²) in [5, 5.41) is 2.80. The summed E-state index contributed by atoms with van der Waals surface area (Å²) in [5.74, 6) is 0.0270. The lowest BCUT2D eigenvalue weighted by Gasteiger charge is -2.15. The number of nitrogens with one attached hydrogen (secondary N) is 1. The molecule has 1 aromatic heterocycles. The summed E-state index contributed by atoms with van der Waals surface area (Å²) in [6, 6.07) is 5.89. The van der Waals surface area contributed by atoms with E-state index in [1.165, 1.54) is 25.5 Å². The Hall–Kier alpha value is -2.30. The van der Waals surface area contributed by atoms with Crippen molar-refractivity contribution in [2.45, 2.75) is 19.9 Å². The fourth-order valence-corrected chi connectivity index (χ4v) is 1.93. The van der Waals surface area contributed by atoms with Gasteiger partial charge in [0.05, 0.1) is 25.0 Å². The smallest absolute Gasteiger partial charge is 0.255 e. The van der Waals surface area contributed by atoms with E-state index in [4.69, 9.17) is 9.15 Å². The van der Waals surface area contributed by atoms with Crippen molar-refractivity contribution in [3.63, 3.8) is 0 Å². The zero-order chi connectivity index (χ0) is 14.7. The molecule has 1 aromatic carbocycles. The molecule has 0 spiro atoms. The van der Waals surface area contributed by atoms with Gasteiger partial charge in [0.25, 0.3) is 5.91 Å². The van der Waals surface area contributed by atoms with E-state index in [0.717, 1.165) is 0 Å². The van der Waals surface area contributed by atoms with E-state index in [1.807, 2.05) is 0 Å². The Labute approximate surface area is 116 Å². The standard InChI is InChI=1S/C15H16FNO3/c1-9(11-4-5-14(19-3)13(16)8-11)17-15(18)12-6-7-20-10(12)2/h4-9H,1-3H3,(H,17,18)/t9-/m1/s1. The van der Waals surface area contributed by atoms with Crippen LogP contribution in [0.5, 0.6) is 5.75 Å². The highest BCUT2D eigenvalue weighted by molar-refractivity contribution is 5.95. The van der Waals surface area contributed by atoms with Gasteiger partial charge < -0.3 is 14.5 Å². The van der Waals surface area contributed by atoms with Gasteiger partial charge in [-0.05, 0) is 37.6 Å². The highest BCUT2D eigenvalue weighted by atomic mass is 19.1. The first kappa shape index (κ1) is 14.1. The molecule has 1 amide bonds. The Morgan fingerprint density at radius 3 is 2.70 bits per heavy atom. The minimum atomic E-state index is -0.453. The minimum absolute atomic E-state index is 0.179. The van der Waals surface area contributed by atoms with E-state index in [-0.39, 0.29) is 17.7 Å². The van der Waals surface area contributed by atoms with Crippen LogP contribution >= 0.6 is 0 Å². The Morgan fingerprint density at radius 2 is 2.15 bits per heavy atom. The average Bonchev–Trinajstić information content (AvgIpc) is 2.84. The van der Waals surface area contributed by atoms with Crippen LogP contribution in [0.1, 0.15) is 34.6 Å². The summed E-state index contributed by atoms with van der Waals surface area (Å²) in [4.78, 5) is 12.0. The van der Waals surface area contributed by atoms with E-state index >= 15 is 0 Å². The van der Waals surface area contributed by atoms with Crippen LogP contribution in [-0.4, -0.2) is 13.0 Å². The van der Waals surface area contributed by atoms with Crippen molar-refractivity contribution >= 4 is 5.91 Å². The van der Waals surface area contributed by atoms with E-state index in [0.29, 0.717) is 16.9 Å². The van der Waals surface area contributed by atoms with Gasteiger partial charge in [0.15, 0.2) is 11.6 Å². The third kappa shape index (κ3) is 2.82. The van der Waals surface area contributed by atoms with Gasteiger partial charge in [-0.15, -0.1) is 0 Å². The van der Waals surface area contributed by atoms with E-state index in [1.54, 1.807) is 26.0 Å². The predicted molar refractivity (Wildman–Crippen MR) is 72.3 cm³/mol. The molecule has 2 aromatic rings. The number of amides is 1. The molecule has 0 unspecified atom stereocenters. The zero-order valence-electron chi connectivity index (χ0n) is 11.6. The topological polar surface area (TPSA) is 51.5 Å². The van der Waals surface area contributed by atoms with Crippen LogP contribution in [0, 0.1) is 12.7 Å². The summed E-state index contributed by atoms with van der Waals surface area (Å²) < 4.78 is 23.6. The first-order valence-corrected chi connectivity index (χ1v) is 6.21. The summed E-state index contributed by atoms with van der Waals surface area (Å²) in [7, 11) is 1.41. The maximum atomic E-state index is 13.6. The van der Waals surface area contributed by atoms with Crippen molar-refractivity contribution in [1.29, 1.82) is 0 Å². The molecule has 0 aliphatic carbocycles. The van der Waals surface area contributed by atoms with Crippen LogP contribution in [0.25, 0.3) is 0 Å². The van der Waals surface area contributed by atoms with Gasteiger partial charge in [0, 0.05) is 0 Å². The summed E-state index contributed by atoms with van der Waals surface area (Å²) in [6.07, 6.45) is 1.46. The number of benzene rings is 1. The number of methoxy groups -OCH3 is 1. The number of furan rings is 1. The van der Waals surface area contributed by atoms with Crippen molar-refractivity contribution in [2.24, 2.45) is 0 Å². The molecule has 5 heteroatoms. The number of carbonyl (C=O) groups excluding carboxylic acids is 1. The molecule has 0 saturated carbocycles. The van der Waals surface area contributed by atoms with Crippen LogP contribution in [0.2, 0.25) is 0 Å². The van der Waals surface area contributed by atoms with Gasteiger partial charge in [0.2, 0.25) is 0 Å². The Balaban J connectivity index is 2.12. The molecule has 4 nitrogen and oxygen atoms in total. The molecule has 106 valence electrons. The third-order valence-corrected chi connectivity index (χ3v) is 3.13. The number of hydrogen-bond acceptors (Lipinski definition) is 3. The largest absolute Gasteiger partial charge is 0.494 e. The maximum absolute atomic E-state index is 13.6. The zero-order valence-corrected chi connectivity index (χ0v) is 11.6. The number of aryl methyl sites for hydroxylation is 1. The van der Waals surface area contributed by atoms with Crippen molar-refractivity contribution in [1.82, 2.24) is 5.32 Å². The van der Waals surface area contributed by atoms with Crippen molar-refractivity contribution in [2.75, 3.05) is 7.11 Å². The lowest BCUT2D eigenvalue weighted by Crippen LogP contribution is -2.26. The first-order chi connectivity index (χ1) is 9.52. The Morgan fingerprint density at radius 1 is 1.40 bits per heavy atom. The summed E-state index contributed by atoms with van der Waals surface area (Å²) in [6.45, 7) is 3.50. The minimum Gasteiger partial charge on any atom is -0.494 e. The van der Waals surface area contributed by atoms with Crippen LogP contribution in [-0.2, 0) is 0 Å². The van der Waals surface area contributed by atoms with E-state index < -0.39 is 5.82 Å². The van der Waals surface area contributed by atoms with Crippen LogP contribution in [0.4, 0.5) is 4.39 Å². The average molecular weight is 277 g/mol. The molecular weight excluding hydrogens is 261 g/mol. The number of ether oxygens (including phenoxy) is 1. The van der Waals surface area contributed by atoms with Crippen molar-refractivity contribution in [3.05, 3.63) is 53.2 Å². The molecule has 2 rings (SSSR count). The lowest BCUT2D eigenvalue weighted by atomic mass is 10.1. The highest BCUT2D eigenvalue weighted by Crippen LogP contribution is 2.22. The molecule has 0 aliphatic heterocycles. The summed E-state index contributed by atoms with van der Waals surface area (Å²) >= 11 is 0. The van der Waals surface area contributed by atoms with Crippen molar-refractivity contribution < 1.29 is 18.3 Å². The molecule has 1 heterocycles. The second kappa shape index (κ2) is 5.77. The quantitative estimate of drug-likeness (QED) is 0.933. The van der Waals surface area contributed by atoms with Gasteiger partial charge in [-0.1, -0.05) is 6.07 Å². The molecule has 20 heavy (non-hydrogen) atoms. The molecule has 1 N–H and O–H groups in total. The van der Waals surface area contributed by atoms with Crippen molar-refractivity contribution in [3.8, 4) is 5.75 Å². The highest BCUT2D eigenvalue weighted by Gasteiger charge is 2.16. The Kier molecular flexibility index (Phi) is 4.08. The van der Waals surface area contributed by atoms with Gasteiger partial charge in [-0.3, -0.25) is 4.79 Å². The third-order valence-electron chi connectivity index (χ3n) is 3.13. The van der Waals surface area contributed by atoms with Gasteiger partial charge in [-0.2, -0.15) is 0 Å². The predicted octanol–water partition coefficient (Wildman–Crippen LogP) is 3.23. The fourth-order valence-electron chi connectivity index (χ4n) is 1.93. The second-order valence-electron chi connectivity index (χ2n) is 4.48.